The Labute approximate surface area is 165 Å². The van der Waals surface area contributed by atoms with Gasteiger partial charge in [-0.2, -0.15) is 5.26 Å². The van der Waals surface area contributed by atoms with Gasteiger partial charge in [0.05, 0.1) is 12.5 Å². The lowest BCUT2D eigenvalue weighted by Gasteiger charge is -2.13. The second-order valence-corrected chi connectivity index (χ2v) is 7.50. The zero-order valence-electron chi connectivity index (χ0n) is 16.4. The number of esters is 1. The van der Waals surface area contributed by atoms with Crippen molar-refractivity contribution in [2.75, 3.05) is 13.2 Å². The Morgan fingerprint density at radius 3 is 2.54 bits per heavy atom. The minimum absolute atomic E-state index is 0.118. The molecule has 28 heavy (non-hydrogen) atoms. The standard InChI is InChI=1S/C23H25NO4/c1-4-26-15-19-21(23(19,2)3)22(25)28-20(14-24)16-9-8-12-18(13-16)27-17-10-6-5-7-11-17/h5-13,19-21H,4,15H2,1-3H3. The number of carbonyl (C=O) groups excluding carboxylic acids is 1. The van der Waals surface area contributed by atoms with E-state index >= 15 is 0 Å². The van der Waals surface area contributed by atoms with Crippen molar-refractivity contribution in [2.45, 2.75) is 26.9 Å². The molecule has 0 N–H and O–H groups in total. The molecule has 0 aromatic heterocycles. The highest BCUT2D eigenvalue weighted by atomic mass is 16.5. The topological polar surface area (TPSA) is 68.5 Å². The molecule has 0 aliphatic heterocycles. The van der Waals surface area contributed by atoms with Crippen molar-refractivity contribution in [3.63, 3.8) is 0 Å². The molecule has 1 saturated carbocycles. The summed E-state index contributed by atoms with van der Waals surface area (Å²) in [5, 5.41) is 9.56. The van der Waals surface area contributed by atoms with Crippen LogP contribution >= 0.6 is 0 Å². The Balaban J connectivity index is 1.68. The number of nitrogens with zero attached hydrogens (tertiary/aromatic N) is 1. The first-order valence-electron chi connectivity index (χ1n) is 9.48. The van der Waals surface area contributed by atoms with Crippen molar-refractivity contribution in [3.05, 3.63) is 60.2 Å². The number of hydrogen-bond acceptors (Lipinski definition) is 5. The van der Waals surface area contributed by atoms with Crippen LogP contribution in [0.15, 0.2) is 54.6 Å². The van der Waals surface area contributed by atoms with Gasteiger partial charge in [0, 0.05) is 18.1 Å². The first-order chi connectivity index (χ1) is 13.5. The molecule has 1 fully saturated rings. The molecule has 3 unspecified atom stereocenters. The van der Waals surface area contributed by atoms with Gasteiger partial charge in [-0.15, -0.1) is 0 Å². The molecule has 0 amide bonds. The van der Waals surface area contributed by atoms with Crippen LogP contribution < -0.4 is 4.74 Å². The Morgan fingerprint density at radius 1 is 1.14 bits per heavy atom. The van der Waals surface area contributed by atoms with Crippen molar-refractivity contribution >= 4 is 5.97 Å². The molecule has 0 radical (unpaired) electrons. The molecule has 0 saturated heterocycles. The highest BCUT2D eigenvalue weighted by Gasteiger charge is 2.62. The summed E-state index contributed by atoms with van der Waals surface area (Å²) >= 11 is 0. The van der Waals surface area contributed by atoms with Crippen molar-refractivity contribution < 1.29 is 19.0 Å². The molecule has 2 aromatic carbocycles. The molecule has 1 aliphatic rings. The summed E-state index contributed by atoms with van der Waals surface area (Å²) in [6, 6.07) is 18.5. The zero-order chi connectivity index (χ0) is 20.1. The van der Waals surface area contributed by atoms with E-state index in [1.54, 1.807) is 24.3 Å². The van der Waals surface area contributed by atoms with Gasteiger partial charge in [0.15, 0.2) is 0 Å². The molecule has 0 spiro atoms. The van der Waals surface area contributed by atoms with E-state index < -0.39 is 6.10 Å². The zero-order valence-corrected chi connectivity index (χ0v) is 16.4. The molecule has 0 heterocycles. The van der Waals surface area contributed by atoms with Crippen molar-refractivity contribution in [1.82, 2.24) is 0 Å². The van der Waals surface area contributed by atoms with E-state index in [1.165, 1.54) is 0 Å². The second-order valence-electron chi connectivity index (χ2n) is 7.50. The Kier molecular flexibility index (Phi) is 6.01. The summed E-state index contributed by atoms with van der Waals surface area (Å²) in [5.74, 6) is 0.797. The fourth-order valence-electron chi connectivity index (χ4n) is 3.49. The number of rotatable bonds is 8. The van der Waals surface area contributed by atoms with Gasteiger partial charge < -0.3 is 14.2 Å². The molecule has 0 bridgehead atoms. The number of para-hydroxylation sites is 1. The van der Waals surface area contributed by atoms with Crippen LogP contribution in [-0.4, -0.2) is 19.2 Å². The summed E-state index contributed by atoms with van der Waals surface area (Å²) < 4.78 is 16.8. The van der Waals surface area contributed by atoms with E-state index in [2.05, 4.69) is 6.07 Å². The molecule has 3 rings (SSSR count). The van der Waals surface area contributed by atoms with Gasteiger partial charge in [0.1, 0.15) is 17.6 Å². The summed E-state index contributed by atoms with van der Waals surface area (Å²) in [5.41, 5.74) is 0.411. The van der Waals surface area contributed by atoms with E-state index in [1.807, 2.05) is 51.1 Å². The van der Waals surface area contributed by atoms with Crippen LogP contribution in [0.5, 0.6) is 11.5 Å². The summed E-state index contributed by atoms with van der Waals surface area (Å²) in [4.78, 5) is 12.7. The number of carbonyl (C=O) groups is 1. The lowest BCUT2D eigenvalue weighted by Crippen LogP contribution is -2.15. The van der Waals surface area contributed by atoms with E-state index in [-0.39, 0.29) is 23.2 Å². The van der Waals surface area contributed by atoms with Crippen LogP contribution in [0.25, 0.3) is 0 Å². The lowest BCUT2D eigenvalue weighted by atomic mass is 10.1. The smallest absolute Gasteiger partial charge is 0.311 e. The van der Waals surface area contributed by atoms with Gasteiger partial charge in [0.25, 0.3) is 0 Å². The molecule has 146 valence electrons. The Bertz CT molecular complexity index is 856. The van der Waals surface area contributed by atoms with Crippen LogP contribution in [0, 0.1) is 28.6 Å². The van der Waals surface area contributed by atoms with Crippen LogP contribution in [0.1, 0.15) is 32.4 Å². The average molecular weight is 379 g/mol. The maximum atomic E-state index is 12.7. The Morgan fingerprint density at radius 2 is 1.86 bits per heavy atom. The highest BCUT2D eigenvalue weighted by molar-refractivity contribution is 5.78. The summed E-state index contributed by atoms with van der Waals surface area (Å²) in [6.45, 7) is 7.12. The average Bonchev–Trinajstić information content (AvgIpc) is 3.25. The third kappa shape index (κ3) is 4.35. The van der Waals surface area contributed by atoms with Crippen molar-refractivity contribution in [1.29, 1.82) is 5.26 Å². The number of nitriles is 1. The van der Waals surface area contributed by atoms with E-state index in [0.29, 0.717) is 30.3 Å². The van der Waals surface area contributed by atoms with E-state index in [4.69, 9.17) is 14.2 Å². The van der Waals surface area contributed by atoms with E-state index in [0.717, 1.165) is 0 Å². The molecular formula is C23H25NO4. The van der Waals surface area contributed by atoms with Gasteiger partial charge in [-0.1, -0.05) is 44.2 Å². The van der Waals surface area contributed by atoms with Gasteiger partial charge in [-0.05, 0) is 36.6 Å². The summed E-state index contributed by atoms with van der Waals surface area (Å²) in [6.07, 6.45) is -0.976. The normalized spacial score (nSPS) is 20.6. The minimum Gasteiger partial charge on any atom is -0.457 e. The van der Waals surface area contributed by atoms with Gasteiger partial charge in [-0.3, -0.25) is 4.79 Å². The fraction of sp³-hybridized carbons (Fsp3) is 0.391. The molecule has 3 atom stereocenters. The predicted molar refractivity (Wildman–Crippen MR) is 105 cm³/mol. The van der Waals surface area contributed by atoms with Gasteiger partial charge in [0.2, 0.25) is 6.10 Å². The fourth-order valence-corrected chi connectivity index (χ4v) is 3.49. The van der Waals surface area contributed by atoms with Gasteiger partial charge in [-0.25, -0.2) is 0 Å². The highest BCUT2D eigenvalue weighted by Crippen LogP contribution is 2.59. The lowest BCUT2D eigenvalue weighted by molar-refractivity contribution is -0.149. The van der Waals surface area contributed by atoms with Crippen LogP contribution in [0.4, 0.5) is 0 Å². The molecule has 5 heteroatoms. The third-order valence-electron chi connectivity index (χ3n) is 5.30. The number of hydrogen-bond donors (Lipinski definition) is 0. The first-order valence-corrected chi connectivity index (χ1v) is 9.48. The van der Waals surface area contributed by atoms with Crippen LogP contribution in [0.3, 0.4) is 0 Å². The monoisotopic (exact) mass is 379 g/mol. The largest absolute Gasteiger partial charge is 0.457 e. The first kappa shape index (κ1) is 19.9. The molecular weight excluding hydrogens is 354 g/mol. The molecule has 5 nitrogen and oxygen atoms in total. The second kappa shape index (κ2) is 8.45. The van der Waals surface area contributed by atoms with Crippen molar-refractivity contribution in [3.8, 4) is 17.6 Å². The Hall–Kier alpha value is -2.84. The quantitative estimate of drug-likeness (QED) is 0.611. The third-order valence-corrected chi connectivity index (χ3v) is 5.30. The van der Waals surface area contributed by atoms with E-state index in [9.17, 15) is 10.1 Å². The number of ether oxygens (including phenoxy) is 3. The summed E-state index contributed by atoms with van der Waals surface area (Å²) in [7, 11) is 0. The predicted octanol–water partition coefficient (Wildman–Crippen LogP) is 4.90. The minimum atomic E-state index is -0.976. The maximum absolute atomic E-state index is 12.7. The maximum Gasteiger partial charge on any atom is 0.311 e. The van der Waals surface area contributed by atoms with Crippen LogP contribution in [-0.2, 0) is 14.3 Å². The van der Waals surface area contributed by atoms with Gasteiger partial charge >= 0.3 is 5.97 Å². The number of benzene rings is 2. The van der Waals surface area contributed by atoms with Crippen molar-refractivity contribution in [2.24, 2.45) is 17.3 Å². The SMILES string of the molecule is CCOCC1C(C(=O)OC(C#N)c2cccc(Oc3ccccc3)c2)C1(C)C. The molecule has 1 aliphatic carbocycles. The van der Waals surface area contributed by atoms with Crippen LogP contribution in [0.2, 0.25) is 0 Å². The molecule has 2 aromatic rings.